The molecule has 0 radical (unpaired) electrons. The fraction of sp³-hybridized carbons (Fsp3) is 0.171. The maximum atomic E-state index is 13.8. The third kappa shape index (κ3) is 7.69. The molecule has 0 unspecified atom stereocenters. The van der Waals surface area contributed by atoms with Gasteiger partial charge in [0.2, 0.25) is 0 Å². The molecular weight excluding hydrogens is 638 g/mol. The molecule has 2 amide bonds. The topological polar surface area (TPSA) is 111 Å². The fourth-order valence-electron chi connectivity index (χ4n) is 5.09. The van der Waals surface area contributed by atoms with Crippen LogP contribution < -0.4 is 14.8 Å². The predicted molar refractivity (Wildman–Crippen MR) is 176 cm³/mol. The number of hydrogen-bond donors (Lipinski definition) is 1. The summed E-state index contributed by atoms with van der Waals surface area (Å²) in [7, 11) is 1.59. The van der Waals surface area contributed by atoms with E-state index >= 15 is 0 Å². The Labute approximate surface area is 279 Å². The lowest BCUT2D eigenvalue weighted by molar-refractivity contribution is -0.130. The van der Waals surface area contributed by atoms with Crippen LogP contribution in [-0.4, -0.2) is 56.8 Å². The monoisotopic (exact) mass is 668 g/mol. The average molecular weight is 669 g/mol. The number of rotatable bonds is 12. The molecule has 0 fully saturated rings. The number of hydrogen-bond acceptors (Lipinski definition) is 8. The Bertz CT molecular complexity index is 1900. The van der Waals surface area contributed by atoms with Gasteiger partial charge in [-0.1, -0.05) is 42.1 Å². The van der Waals surface area contributed by atoms with Gasteiger partial charge in [0.15, 0.2) is 17.6 Å². The van der Waals surface area contributed by atoms with Crippen molar-refractivity contribution in [2.24, 2.45) is 5.10 Å². The summed E-state index contributed by atoms with van der Waals surface area (Å²) in [5, 5.41) is 17.8. The Morgan fingerprint density at radius 1 is 0.875 bits per heavy atom. The van der Waals surface area contributed by atoms with E-state index in [1.54, 1.807) is 60.2 Å². The number of para-hydroxylation sites is 1. The van der Waals surface area contributed by atoms with Crippen LogP contribution in [0.5, 0.6) is 11.5 Å². The molecule has 2 heterocycles. The number of hydrazone groups is 1. The Kier molecular flexibility index (Phi) is 10.1. The van der Waals surface area contributed by atoms with Crippen LogP contribution in [0, 0.1) is 11.6 Å². The molecule has 13 heteroatoms. The number of amides is 2. The number of ether oxygens (including phenoxy) is 2. The van der Waals surface area contributed by atoms with E-state index in [0.717, 1.165) is 22.9 Å². The van der Waals surface area contributed by atoms with Crippen LogP contribution in [-0.2, 0) is 16.1 Å². The lowest BCUT2D eigenvalue weighted by Crippen LogP contribution is -2.29. The van der Waals surface area contributed by atoms with E-state index in [-0.39, 0.29) is 36.5 Å². The second kappa shape index (κ2) is 14.9. The van der Waals surface area contributed by atoms with E-state index in [2.05, 4.69) is 15.5 Å². The van der Waals surface area contributed by atoms with Crippen LogP contribution in [0.4, 0.5) is 8.78 Å². The first-order valence-corrected chi connectivity index (χ1v) is 15.9. The molecule has 1 N–H and O–H groups in total. The maximum absolute atomic E-state index is 13.8. The van der Waals surface area contributed by atoms with Crippen molar-refractivity contribution < 1.29 is 27.8 Å². The number of carbonyl (C=O) groups is 2. The number of carbonyl (C=O) groups excluding carboxylic acids is 2. The summed E-state index contributed by atoms with van der Waals surface area (Å²) in [6, 6.07) is 27.7. The Morgan fingerprint density at radius 3 is 2.25 bits per heavy atom. The zero-order valence-electron chi connectivity index (χ0n) is 25.8. The van der Waals surface area contributed by atoms with E-state index in [0.29, 0.717) is 40.3 Å². The summed E-state index contributed by atoms with van der Waals surface area (Å²) in [5.74, 6) is 0.0886. The number of nitrogens with zero attached hydrogens (tertiary/aromatic N) is 5. The highest BCUT2D eigenvalue weighted by atomic mass is 32.2. The third-order valence-electron chi connectivity index (χ3n) is 7.51. The first-order chi connectivity index (χ1) is 23.4. The summed E-state index contributed by atoms with van der Waals surface area (Å²) in [4.78, 5) is 26.3. The van der Waals surface area contributed by atoms with Gasteiger partial charge in [-0.05, 0) is 83.9 Å². The lowest BCUT2D eigenvalue weighted by atomic mass is 9.98. The van der Waals surface area contributed by atoms with Crippen LogP contribution in [0.3, 0.4) is 0 Å². The number of nitrogens with one attached hydrogen (secondary N) is 1. The average Bonchev–Trinajstić information content (AvgIpc) is 3.75. The Balaban J connectivity index is 1.20. The van der Waals surface area contributed by atoms with Crippen molar-refractivity contribution in [2.45, 2.75) is 24.2 Å². The molecular formula is C35H30F2N6O4S. The van der Waals surface area contributed by atoms with Crippen LogP contribution in [0.1, 0.15) is 29.4 Å². The second-order valence-corrected chi connectivity index (χ2v) is 11.6. The van der Waals surface area contributed by atoms with Gasteiger partial charge in [0.1, 0.15) is 23.1 Å². The minimum Gasteiger partial charge on any atom is -0.497 e. The SMILES string of the molecule is COc1ccc(C2=NN(C(=O)CSc3nnc(CNC(=O)COc4ccccc4)n3-c3ccc(F)cc3)[C@H](c3ccc(F)cc3)C2)cc1. The molecule has 10 nitrogen and oxygen atoms in total. The van der Waals surface area contributed by atoms with Gasteiger partial charge < -0.3 is 14.8 Å². The molecule has 1 aromatic heterocycles. The molecule has 0 aliphatic carbocycles. The second-order valence-electron chi connectivity index (χ2n) is 10.7. The van der Waals surface area contributed by atoms with Crippen molar-refractivity contribution in [2.75, 3.05) is 19.5 Å². The molecule has 6 rings (SSSR count). The normalized spacial score (nSPS) is 14.0. The van der Waals surface area contributed by atoms with Gasteiger partial charge in [-0.15, -0.1) is 10.2 Å². The van der Waals surface area contributed by atoms with E-state index in [1.807, 2.05) is 30.3 Å². The molecule has 1 aliphatic heterocycles. The number of aromatic nitrogens is 3. The first-order valence-electron chi connectivity index (χ1n) is 14.9. The third-order valence-corrected chi connectivity index (χ3v) is 8.42. The van der Waals surface area contributed by atoms with Crippen molar-refractivity contribution in [3.05, 3.63) is 132 Å². The Hall–Kier alpha value is -5.56. The van der Waals surface area contributed by atoms with Crippen molar-refractivity contribution in [3.8, 4) is 17.2 Å². The molecule has 5 aromatic rings. The summed E-state index contributed by atoms with van der Waals surface area (Å²) in [6.45, 7) is -0.195. The van der Waals surface area contributed by atoms with E-state index < -0.39 is 11.9 Å². The van der Waals surface area contributed by atoms with E-state index in [9.17, 15) is 18.4 Å². The largest absolute Gasteiger partial charge is 0.497 e. The standard InChI is InChI=1S/C35H30F2N6O4S/c1-46-28-17-9-23(10-18-28)30-19-31(24-7-11-25(36)12-8-24)43(41-30)34(45)22-48-35-40-39-32(42(35)27-15-13-26(37)14-16-27)20-38-33(44)21-47-29-5-3-2-4-6-29/h2-18,31H,19-22H2,1H3,(H,38,44)/t31-/m0/s1. The van der Waals surface area contributed by atoms with Gasteiger partial charge in [-0.2, -0.15) is 5.10 Å². The first kappa shape index (κ1) is 32.4. The summed E-state index contributed by atoms with van der Waals surface area (Å²) >= 11 is 1.13. The highest BCUT2D eigenvalue weighted by molar-refractivity contribution is 7.99. The number of halogens is 2. The van der Waals surface area contributed by atoms with Gasteiger partial charge in [0.25, 0.3) is 11.8 Å². The zero-order chi connectivity index (χ0) is 33.5. The number of methoxy groups -OCH3 is 1. The summed E-state index contributed by atoms with van der Waals surface area (Å²) in [6.07, 6.45) is 0.429. The van der Waals surface area contributed by atoms with Crippen molar-refractivity contribution in [1.29, 1.82) is 0 Å². The van der Waals surface area contributed by atoms with Crippen LogP contribution in [0.25, 0.3) is 5.69 Å². The molecule has 0 saturated carbocycles. The molecule has 0 bridgehead atoms. The van der Waals surface area contributed by atoms with E-state index in [1.165, 1.54) is 29.3 Å². The fourth-order valence-corrected chi connectivity index (χ4v) is 5.91. The molecule has 1 atom stereocenters. The molecule has 4 aromatic carbocycles. The van der Waals surface area contributed by atoms with Crippen molar-refractivity contribution >= 4 is 29.3 Å². The van der Waals surface area contributed by atoms with Gasteiger partial charge in [0.05, 0.1) is 31.2 Å². The highest BCUT2D eigenvalue weighted by Crippen LogP contribution is 2.34. The zero-order valence-corrected chi connectivity index (χ0v) is 26.6. The summed E-state index contributed by atoms with van der Waals surface area (Å²) < 4.78 is 40.0. The predicted octanol–water partition coefficient (Wildman–Crippen LogP) is 5.72. The van der Waals surface area contributed by atoms with Crippen LogP contribution >= 0.6 is 11.8 Å². The van der Waals surface area contributed by atoms with Gasteiger partial charge in [0, 0.05) is 12.1 Å². The maximum Gasteiger partial charge on any atom is 0.258 e. The van der Waals surface area contributed by atoms with Gasteiger partial charge >= 0.3 is 0 Å². The van der Waals surface area contributed by atoms with Crippen molar-refractivity contribution in [3.63, 3.8) is 0 Å². The van der Waals surface area contributed by atoms with Crippen LogP contribution in [0.15, 0.2) is 113 Å². The summed E-state index contributed by atoms with van der Waals surface area (Å²) in [5.41, 5.74) is 2.83. The molecule has 244 valence electrons. The highest BCUT2D eigenvalue weighted by Gasteiger charge is 2.33. The van der Waals surface area contributed by atoms with Crippen LogP contribution in [0.2, 0.25) is 0 Å². The molecule has 48 heavy (non-hydrogen) atoms. The smallest absolute Gasteiger partial charge is 0.258 e. The van der Waals surface area contributed by atoms with Gasteiger partial charge in [-0.25, -0.2) is 13.8 Å². The van der Waals surface area contributed by atoms with Crippen molar-refractivity contribution in [1.82, 2.24) is 25.1 Å². The number of benzene rings is 4. The quantitative estimate of drug-likeness (QED) is 0.169. The molecule has 0 spiro atoms. The van der Waals surface area contributed by atoms with E-state index in [4.69, 9.17) is 14.6 Å². The molecule has 0 saturated heterocycles. The lowest BCUT2D eigenvalue weighted by Gasteiger charge is -2.22. The minimum atomic E-state index is -0.449. The van der Waals surface area contributed by atoms with Gasteiger partial charge in [-0.3, -0.25) is 14.2 Å². The minimum absolute atomic E-state index is 0.00411. The number of thioether (sulfide) groups is 1. The Morgan fingerprint density at radius 2 is 1.56 bits per heavy atom. The molecule has 1 aliphatic rings.